The molecule has 1 heterocycles. The Morgan fingerprint density at radius 2 is 2.26 bits per heavy atom. The maximum atomic E-state index is 6.24. The van der Waals surface area contributed by atoms with E-state index in [1.54, 1.807) is 7.11 Å². The lowest BCUT2D eigenvalue weighted by Crippen LogP contribution is -2.38. The number of hydrogen-bond acceptors (Lipinski definition) is 3. The monoisotopic (exact) mass is 282 g/mol. The van der Waals surface area contributed by atoms with Crippen molar-refractivity contribution in [2.75, 3.05) is 33.4 Å². The molecule has 0 spiro atoms. The Morgan fingerprint density at radius 3 is 3.05 bits per heavy atom. The van der Waals surface area contributed by atoms with Crippen molar-refractivity contribution in [3.8, 4) is 0 Å². The molecular formula is C15H23ClN2O. The Balaban J connectivity index is 1.83. The quantitative estimate of drug-likeness (QED) is 0.778. The topological polar surface area (TPSA) is 24.5 Å². The van der Waals surface area contributed by atoms with Crippen LogP contribution < -0.4 is 5.32 Å². The molecule has 1 aromatic rings. The average Bonchev–Trinajstić information content (AvgIpc) is 2.85. The zero-order chi connectivity index (χ0) is 13.5. The standard InChI is InChI=1S/C15H23ClN2O/c1-19-10-8-17-11-14-6-4-9-18(14)12-13-5-2-3-7-15(13)16/h2-3,5,7,14,17H,4,6,8-12H2,1H3. The molecule has 0 aromatic heterocycles. The third-order valence-corrected chi connectivity index (χ3v) is 4.06. The lowest BCUT2D eigenvalue weighted by Gasteiger charge is -2.25. The van der Waals surface area contributed by atoms with Crippen LogP contribution in [0.3, 0.4) is 0 Å². The molecule has 1 fully saturated rings. The van der Waals surface area contributed by atoms with Crippen molar-refractivity contribution < 1.29 is 4.74 Å². The maximum Gasteiger partial charge on any atom is 0.0587 e. The van der Waals surface area contributed by atoms with Crippen LogP contribution >= 0.6 is 11.6 Å². The van der Waals surface area contributed by atoms with Gasteiger partial charge in [0, 0.05) is 37.8 Å². The van der Waals surface area contributed by atoms with Gasteiger partial charge in [-0.05, 0) is 31.0 Å². The summed E-state index contributed by atoms with van der Waals surface area (Å²) in [6, 6.07) is 8.76. The minimum atomic E-state index is 0.619. The second-order valence-electron chi connectivity index (χ2n) is 5.05. The molecule has 1 aliphatic heterocycles. The molecule has 1 aliphatic rings. The van der Waals surface area contributed by atoms with E-state index >= 15 is 0 Å². The molecule has 1 atom stereocenters. The van der Waals surface area contributed by atoms with Crippen molar-refractivity contribution in [1.29, 1.82) is 0 Å². The van der Waals surface area contributed by atoms with Gasteiger partial charge < -0.3 is 10.1 Å². The molecule has 0 aliphatic carbocycles. The Kier molecular flexibility index (Phi) is 6.11. The van der Waals surface area contributed by atoms with E-state index < -0.39 is 0 Å². The number of rotatable bonds is 7. The van der Waals surface area contributed by atoms with Crippen molar-refractivity contribution in [2.24, 2.45) is 0 Å². The Bertz CT molecular complexity index is 386. The fourth-order valence-corrected chi connectivity index (χ4v) is 2.82. The molecular weight excluding hydrogens is 260 g/mol. The van der Waals surface area contributed by atoms with Crippen LogP contribution in [0.5, 0.6) is 0 Å². The summed E-state index contributed by atoms with van der Waals surface area (Å²) >= 11 is 6.24. The highest BCUT2D eigenvalue weighted by atomic mass is 35.5. The van der Waals surface area contributed by atoms with Crippen molar-refractivity contribution in [1.82, 2.24) is 10.2 Å². The molecule has 0 bridgehead atoms. The zero-order valence-electron chi connectivity index (χ0n) is 11.6. The molecule has 1 aromatic carbocycles. The van der Waals surface area contributed by atoms with E-state index in [1.165, 1.54) is 24.9 Å². The van der Waals surface area contributed by atoms with Gasteiger partial charge in [-0.1, -0.05) is 29.8 Å². The molecule has 1 saturated heterocycles. The summed E-state index contributed by atoms with van der Waals surface area (Å²) in [5, 5.41) is 4.33. The van der Waals surface area contributed by atoms with E-state index in [0.29, 0.717) is 6.04 Å². The Hall–Kier alpha value is -0.610. The summed E-state index contributed by atoms with van der Waals surface area (Å²) in [4.78, 5) is 2.53. The molecule has 106 valence electrons. The zero-order valence-corrected chi connectivity index (χ0v) is 12.3. The largest absolute Gasteiger partial charge is 0.383 e. The van der Waals surface area contributed by atoms with Crippen LogP contribution in [0.2, 0.25) is 5.02 Å². The maximum absolute atomic E-state index is 6.24. The summed E-state index contributed by atoms with van der Waals surface area (Å²) < 4.78 is 5.05. The number of nitrogens with one attached hydrogen (secondary N) is 1. The molecule has 4 heteroatoms. The van der Waals surface area contributed by atoms with Gasteiger partial charge in [0.25, 0.3) is 0 Å². The van der Waals surface area contributed by atoms with Gasteiger partial charge in [-0.3, -0.25) is 4.90 Å². The molecule has 1 unspecified atom stereocenters. The number of hydrogen-bond donors (Lipinski definition) is 1. The minimum Gasteiger partial charge on any atom is -0.383 e. The first-order chi connectivity index (χ1) is 9.31. The van der Waals surface area contributed by atoms with Crippen LogP contribution in [-0.4, -0.2) is 44.3 Å². The van der Waals surface area contributed by atoms with Gasteiger partial charge in [-0.25, -0.2) is 0 Å². The number of methoxy groups -OCH3 is 1. The van der Waals surface area contributed by atoms with Crippen LogP contribution in [0.4, 0.5) is 0 Å². The molecule has 0 amide bonds. The molecule has 0 saturated carbocycles. The van der Waals surface area contributed by atoms with Crippen LogP contribution in [-0.2, 0) is 11.3 Å². The molecule has 3 nitrogen and oxygen atoms in total. The van der Waals surface area contributed by atoms with E-state index in [0.717, 1.165) is 31.3 Å². The van der Waals surface area contributed by atoms with Crippen LogP contribution in [0.25, 0.3) is 0 Å². The first kappa shape index (κ1) is 14.8. The summed E-state index contributed by atoms with van der Waals surface area (Å²) in [5.41, 5.74) is 1.23. The van der Waals surface area contributed by atoms with Gasteiger partial charge >= 0.3 is 0 Å². The first-order valence-electron chi connectivity index (χ1n) is 6.98. The van der Waals surface area contributed by atoms with Crippen molar-refractivity contribution >= 4 is 11.6 Å². The minimum absolute atomic E-state index is 0.619. The smallest absolute Gasteiger partial charge is 0.0587 e. The number of likely N-dealkylation sites (tertiary alicyclic amines) is 1. The second-order valence-corrected chi connectivity index (χ2v) is 5.46. The normalized spacial score (nSPS) is 20.0. The highest BCUT2D eigenvalue weighted by Gasteiger charge is 2.24. The highest BCUT2D eigenvalue weighted by molar-refractivity contribution is 6.31. The lowest BCUT2D eigenvalue weighted by molar-refractivity contribution is 0.191. The fourth-order valence-electron chi connectivity index (χ4n) is 2.62. The molecule has 0 radical (unpaired) electrons. The summed E-state index contributed by atoms with van der Waals surface area (Å²) in [5.74, 6) is 0. The SMILES string of the molecule is COCCNCC1CCCN1Cc1ccccc1Cl. The summed E-state index contributed by atoms with van der Waals surface area (Å²) in [7, 11) is 1.74. The third kappa shape index (κ3) is 4.46. The summed E-state index contributed by atoms with van der Waals surface area (Å²) in [6.45, 7) is 4.86. The fraction of sp³-hybridized carbons (Fsp3) is 0.600. The molecule has 19 heavy (non-hydrogen) atoms. The number of nitrogens with zero attached hydrogens (tertiary/aromatic N) is 1. The molecule has 2 rings (SSSR count). The Morgan fingerprint density at radius 1 is 1.42 bits per heavy atom. The van der Waals surface area contributed by atoms with Crippen LogP contribution in [0.15, 0.2) is 24.3 Å². The molecule has 1 N–H and O–H groups in total. The van der Waals surface area contributed by atoms with Crippen LogP contribution in [0, 0.1) is 0 Å². The van der Waals surface area contributed by atoms with E-state index in [1.807, 2.05) is 12.1 Å². The van der Waals surface area contributed by atoms with Crippen molar-refractivity contribution in [3.63, 3.8) is 0 Å². The number of benzene rings is 1. The average molecular weight is 283 g/mol. The van der Waals surface area contributed by atoms with Gasteiger partial charge in [0.05, 0.1) is 6.61 Å². The predicted molar refractivity (Wildman–Crippen MR) is 79.6 cm³/mol. The van der Waals surface area contributed by atoms with Crippen LogP contribution in [0.1, 0.15) is 18.4 Å². The van der Waals surface area contributed by atoms with E-state index in [9.17, 15) is 0 Å². The number of ether oxygens (including phenoxy) is 1. The van der Waals surface area contributed by atoms with Gasteiger partial charge in [0.15, 0.2) is 0 Å². The Labute approximate surface area is 120 Å². The third-order valence-electron chi connectivity index (χ3n) is 3.69. The summed E-state index contributed by atoms with van der Waals surface area (Å²) in [6.07, 6.45) is 2.55. The van der Waals surface area contributed by atoms with Gasteiger partial charge in [0.1, 0.15) is 0 Å². The number of halogens is 1. The van der Waals surface area contributed by atoms with Gasteiger partial charge in [0.2, 0.25) is 0 Å². The van der Waals surface area contributed by atoms with E-state index in [-0.39, 0.29) is 0 Å². The van der Waals surface area contributed by atoms with E-state index in [4.69, 9.17) is 16.3 Å². The van der Waals surface area contributed by atoms with Gasteiger partial charge in [-0.2, -0.15) is 0 Å². The van der Waals surface area contributed by atoms with Crippen molar-refractivity contribution in [3.05, 3.63) is 34.9 Å². The van der Waals surface area contributed by atoms with Gasteiger partial charge in [-0.15, -0.1) is 0 Å². The lowest BCUT2D eigenvalue weighted by atomic mass is 10.2. The first-order valence-corrected chi connectivity index (χ1v) is 7.36. The second kappa shape index (κ2) is 7.85. The predicted octanol–water partition coefficient (Wildman–Crippen LogP) is 2.54. The highest BCUT2D eigenvalue weighted by Crippen LogP contribution is 2.23. The van der Waals surface area contributed by atoms with E-state index in [2.05, 4.69) is 22.3 Å². The van der Waals surface area contributed by atoms with Crippen molar-refractivity contribution in [2.45, 2.75) is 25.4 Å².